The molecule has 4 nitrogen and oxygen atoms in total. The summed E-state index contributed by atoms with van der Waals surface area (Å²) in [5, 5.41) is 7.45. The Bertz CT molecular complexity index is 418. The van der Waals surface area contributed by atoms with Crippen LogP contribution in [0.2, 0.25) is 0 Å². The van der Waals surface area contributed by atoms with Crippen LogP contribution < -0.4 is 10.5 Å². The Kier molecular flexibility index (Phi) is 4.49. The molecule has 1 atom stereocenters. The van der Waals surface area contributed by atoms with Gasteiger partial charge in [-0.05, 0) is 25.1 Å². The van der Waals surface area contributed by atoms with Crippen molar-refractivity contribution in [1.82, 2.24) is 0 Å². The number of amidine groups is 1. The molecule has 0 aliphatic carbocycles. The van der Waals surface area contributed by atoms with Crippen LogP contribution in [0.15, 0.2) is 23.1 Å². The largest absolute Gasteiger partial charge is 0.493 e. The molecule has 88 valence electrons. The van der Waals surface area contributed by atoms with Gasteiger partial charge in [0.25, 0.3) is 0 Å². The van der Waals surface area contributed by atoms with Gasteiger partial charge in [0.1, 0.15) is 11.6 Å². The molecule has 1 rings (SSSR count). The van der Waals surface area contributed by atoms with Gasteiger partial charge < -0.3 is 10.5 Å². The summed E-state index contributed by atoms with van der Waals surface area (Å²) >= 11 is 0. The average Bonchev–Trinajstić information content (AvgIpc) is 2.28. The van der Waals surface area contributed by atoms with E-state index in [2.05, 4.69) is 0 Å². The highest BCUT2D eigenvalue weighted by Crippen LogP contribution is 2.21. The molecule has 0 bridgehead atoms. The van der Waals surface area contributed by atoms with Crippen molar-refractivity contribution in [3.05, 3.63) is 23.8 Å². The summed E-state index contributed by atoms with van der Waals surface area (Å²) in [4.78, 5) is 0.677. The number of hydrogen-bond donors (Lipinski definition) is 2. The fourth-order valence-corrected chi connectivity index (χ4v) is 2.11. The number of rotatable bonds is 5. The molecule has 5 heteroatoms. The molecule has 0 heterocycles. The highest BCUT2D eigenvalue weighted by molar-refractivity contribution is 7.85. The maximum atomic E-state index is 11.6. The topological polar surface area (TPSA) is 76.2 Å². The molecule has 1 unspecified atom stereocenters. The number of nitrogen functional groups attached to an aromatic ring is 1. The average molecular weight is 240 g/mol. The van der Waals surface area contributed by atoms with E-state index in [-0.39, 0.29) is 5.84 Å². The van der Waals surface area contributed by atoms with Gasteiger partial charge in [-0.15, -0.1) is 0 Å². The van der Waals surface area contributed by atoms with Gasteiger partial charge in [-0.3, -0.25) is 9.62 Å². The molecule has 3 N–H and O–H groups in total. The minimum Gasteiger partial charge on any atom is -0.493 e. The predicted octanol–water partition coefficient (Wildman–Crippen LogP) is 1.50. The van der Waals surface area contributed by atoms with E-state index >= 15 is 0 Å². The number of benzene rings is 1. The molecular weight excluding hydrogens is 224 g/mol. The quantitative estimate of drug-likeness (QED) is 0.605. The third-order valence-electron chi connectivity index (χ3n) is 2.07. The second kappa shape index (κ2) is 5.65. The molecular formula is C11H16N2O2S. The van der Waals surface area contributed by atoms with Crippen LogP contribution in [-0.2, 0) is 10.8 Å². The lowest BCUT2D eigenvalue weighted by molar-refractivity contribution is 0.339. The number of hydrogen-bond acceptors (Lipinski definition) is 3. The Morgan fingerprint density at radius 2 is 2.19 bits per heavy atom. The van der Waals surface area contributed by atoms with Crippen LogP contribution in [0.5, 0.6) is 5.75 Å². The van der Waals surface area contributed by atoms with Crippen LogP contribution in [0.25, 0.3) is 0 Å². The van der Waals surface area contributed by atoms with Crippen molar-refractivity contribution in [1.29, 1.82) is 5.41 Å². The van der Waals surface area contributed by atoms with E-state index in [1.807, 2.05) is 13.8 Å². The third-order valence-corrected chi connectivity index (χ3v) is 3.37. The van der Waals surface area contributed by atoms with E-state index in [1.54, 1.807) is 18.2 Å². The molecule has 0 spiro atoms. The Morgan fingerprint density at radius 3 is 2.69 bits per heavy atom. The molecule has 0 aliphatic rings. The molecule has 1 aromatic rings. The van der Waals surface area contributed by atoms with Gasteiger partial charge in [-0.1, -0.05) is 6.92 Å². The van der Waals surface area contributed by atoms with Crippen LogP contribution in [0.3, 0.4) is 0 Å². The standard InChI is InChI=1S/C11H16N2O2S/c1-3-15-10-6-5-8(16(14)4-2)7-9(10)11(12)13/h5-7H,3-4H2,1-2H3,(H3,12,13). The normalized spacial score (nSPS) is 12.1. The molecule has 0 radical (unpaired) electrons. The van der Waals surface area contributed by atoms with E-state index in [4.69, 9.17) is 15.9 Å². The zero-order valence-electron chi connectivity index (χ0n) is 9.45. The van der Waals surface area contributed by atoms with Crippen molar-refractivity contribution in [3.63, 3.8) is 0 Å². The maximum absolute atomic E-state index is 11.6. The van der Waals surface area contributed by atoms with E-state index in [1.165, 1.54) is 0 Å². The van der Waals surface area contributed by atoms with E-state index in [0.717, 1.165) is 0 Å². The summed E-state index contributed by atoms with van der Waals surface area (Å²) in [5.74, 6) is 1.04. The minimum atomic E-state index is -1.04. The lowest BCUT2D eigenvalue weighted by atomic mass is 10.2. The van der Waals surface area contributed by atoms with Gasteiger partial charge in [-0.2, -0.15) is 0 Å². The Hall–Kier alpha value is -1.36. The number of nitrogens with two attached hydrogens (primary N) is 1. The molecule has 0 amide bonds. The highest BCUT2D eigenvalue weighted by atomic mass is 32.2. The number of ether oxygens (including phenoxy) is 1. The summed E-state index contributed by atoms with van der Waals surface area (Å²) in [6, 6.07) is 5.12. The fraction of sp³-hybridized carbons (Fsp3) is 0.364. The Labute approximate surface area is 97.8 Å². The lowest BCUT2D eigenvalue weighted by Crippen LogP contribution is -2.14. The monoisotopic (exact) mass is 240 g/mol. The van der Waals surface area contributed by atoms with Crippen molar-refractivity contribution in [2.24, 2.45) is 5.73 Å². The summed E-state index contributed by atoms with van der Waals surface area (Å²) in [7, 11) is -1.04. The summed E-state index contributed by atoms with van der Waals surface area (Å²) < 4.78 is 17.0. The van der Waals surface area contributed by atoms with Crippen molar-refractivity contribution in [2.45, 2.75) is 18.7 Å². The predicted molar refractivity (Wildman–Crippen MR) is 65.6 cm³/mol. The van der Waals surface area contributed by atoms with Gasteiger partial charge >= 0.3 is 0 Å². The molecule has 1 aromatic carbocycles. The Balaban J connectivity index is 3.17. The first kappa shape index (κ1) is 12.7. The molecule has 0 aliphatic heterocycles. The smallest absolute Gasteiger partial charge is 0.130 e. The second-order valence-electron chi connectivity index (χ2n) is 3.14. The van der Waals surface area contributed by atoms with Crippen LogP contribution in [0.4, 0.5) is 0 Å². The fourth-order valence-electron chi connectivity index (χ4n) is 1.31. The first-order valence-electron chi connectivity index (χ1n) is 5.09. The lowest BCUT2D eigenvalue weighted by Gasteiger charge is -2.10. The van der Waals surface area contributed by atoms with E-state index in [9.17, 15) is 4.21 Å². The molecule has 0 saturated carbocycles. The van der Waals surface area contributed by atoms with Gasteiger partial charge in [0.2, 0.25) is 0 Å². The van der Waals surface area contributed by atoms with E-state index in [0.29, 0.717) is 28.6 Å². The third kappa shape index (κ3) is 2.82. The van der Waals surface area contributed by atoms with Crippen molar-refractivity contribution < 1.29 is 8.95 Å². The SMILES string of the molecule is CCOc1ccc(S(=O)CC)cc1C(=N)N. The van der Waals surface area contributed by atoms with Crippen LogP contribution in [0.1, 0.15) is 19.4 Å². The maximum Gasteiger partial charge on any atom is 0.130 e. The molecule has 16 heavy (non-hydrogen) atoms. The minimum absolute atomic E-state index is 0.0709. The highest BCUT2D eigenvalue weighted by Gasteiger charge is 2.10. The summed E-state index contributed by atoms with van der Waals surface area (Å²) in [6.45, 7) is 4.22. The van der Waals surface area contributed by atoms with Crippen molar-refractivity contribution in [2.75, 3.05) is 12.4 Å². The molecule has 0 saturated heterocycles. The number of nitrogens with one attached hydrogen (secondary N) is 1. The zero-order valence-corrected chi connectivity index (χ0v) is 10.3. The zero-order chi connectivity index (χ0) is 12.1. The van der Waals surface area contributed by atoms with Gasteiger partial charge in [0, 0.05) is 10.6 Å². The van der Waals surface area contributed by atoms with Crippen molar-refractivity contribution >= 4 is 16.6 Å². The van der Waals surface area contributed by atoms with Gasteiger partial charge in [0.15, 0.2) is 0 Å². The summed E-state index contributed by atoms with van der Waals surface area (Å²) in [6.07, 6.45) is 0. The van der Waals surface area contributed by atoms with Gasteiger partial charge in [0.05, 0.1) is 23.0 Å². The van der Waals surface area contributed by atoms with Crippen LogP contribution >= 0.6 is 0 Å². The van der Waals surface area contributed by atoms with Gasteiger partial charge in [-0.25, -0.2) is 0 Å². The first-order valence-corrected chi connectivity index (χ1v) is 6.41. The second-order valence-corrected chi connectivity index (χ2v) is 4.88. The molecule has 0 aromatic heterocycles. The summed E-state index contributed by atoms with van der Waals surface area (Å²) in [5.41, 5.74) is 5.96. The van der Waals surface area contributed by atoms with Crippen LogP contribution in [-0.4, -0.2) is 22.4 Å². The van der Waals surface area contributed by atoms with Crippen LogP contribution in [0, 0.1) is 5.41 Å². The van der Waals surface area contributed by atoms with Crippen molar-refractivity contribution in [3.8, 4) is 5.75 Å². The first-order chi connectivity index (χ1) is 7.60. The Morgan fingerprint density at radius 1 is 1.50 bits per heavy atom. The molecule has 0 fully saturated rings. The van der Waals surface area contributed by atoms with E-state index < -0.39 is 10.8 Å².